The fourth-order valence-corrected chi connectivity index (χ4v) is 3.20. The molecule has 0 saturated heterocycles. The predicted molar refractivity (Wildman–Crippen MR) is 122 cm³/mol. The van der Waals surface area contributed by atoms with Crippen LogP contribution < -0.4 is 14.2 Å². The summed E-state index contributed by atoms with van der Waals surface area (Å²) in [6.45, 7) is 6.00. The van der Waals surface area contributed by atoms with E-state index in [-0.39, 0.29) is 12.2 Å². The molecule has 3 aromatic rings. The van der Waals surface area contributed by atoms with E-state index >= 15 is 0 Å². The molecule has 3 aromatic carbocycles. The van der Waals surface area contributed by atoms with E-state index in [2.05, 4.69) is 0 Å². The standard InChI is InChI=1S/C26H30O5/c1-17-15-24(30-22-11-7-20(8-12-22)18(2)27-4)26(29-6)25(16-17)31-23-13-9-21(10-14-23)19(3)28-5/h7-16,18-19H,1-6H3. The van der Waals surface area contributed by atoms with Crippen LogP contribution in [0.3, 0.4) is 0 Å². The van der Waals surface area contributed by atoms with Crippen molar-refractivity contribution in [3.63, 3.8) is 0 Å². The first-order valence-corrected chi connectivity index (χ1v) is 10.2. The van der Waals surface area contributed by atoms with Crippen LogP contribution in [0.15, 0.2) is 60.7 Å². The first-order valence-electron chi connectivity index (χ1n) is 10.2. The fourth-order valence-electron chi connectivity index (χ4n) is 3.20. The van der Waals surface area contributed by atoms with Gasteiger partial charge in [-0.15, -0.1) is 0 Å². The van der Waals surface area contributed by atoms with Gasteiger partial charge in [0.05, 0.1) is 19.3 Å². The minimum Gasteiger partial charge on any atom is -0.490 e. The third-order valence-electron chi connectivity index (χ3n) is 5.23. The molecule has 2 atom stereocenters. The molecule has 0 radical (unpaired) electrons. The number of hydrogen-bond donors (Lipinski definition) is 0. The Morgan fingerprint density at radius 2 is 1.00 bits per heavy atom. The second-order valence-corrected chi connectivity index (χ2v) is 7.39. The Morgan fingerprint density at radius 3 is 1.32 bits per heavy atom. The number of rotatable bonds is 9. The average Bonchev–Trinajstić information content (AvgIpc) is 2.79. The Balaban J connectivity index is 1.84. The lowest BCUT2D eigenvalue weighted by molar-refractivity contribution is 0.119. The van der Waals surface area contributed by atoms with E-state index in [4.69, 9.17) is 23.7 Å². The van der Waals surface area contributed by atoms with Gasteiger partial charge in [-0.05, 0) is 73.9 Å². The summed E-state index contributed by atoms with van der Waals surface area (Å²) in [4.78, 5) is 0. The average molecular weight is 423 g/mol. The second kappa shape index (κ2) is 10.3. The number of aryl methyl sites for hydroxylation is 1. The van der Waals surface area contributed by atoms with Crippen molar-refractivity contribution in [2.24, 2.45) is 0 Å². The lowest BCUT2D eigenvalue weighted by Crippen LogP contribution is -1.98. The Bertz CT molecular complexity index is 903. The molecule has 2 unspecified atom stereocenters. The molecule has 0 spiro atoms. The maximum absolute atomic E-state index is 6.13. The molecule has 31 heavy (non-hydrogen) atoms. The molecule has 0 fully saturated rings. The van der Waals surface area contributed by atoms with Crippen LogP contribution in [0, 0.1) is 6.92 Å². The van der Waals surface area contributed by atoms with Gasteiger partial charge >= 0.3 is 0 Å². The number of ether oxygens (including phenoxy) is 5. The molecule has 0 heterocycles. The first-order chi connectivity index (χ1) is 14.9. The molecule has 164 valence electrons. The molecular weight excluding hydrogens is 392 g/mol. The van der Waals surface area contributed by atoms with E-state index in [0.29, 0.717) is 28.7 Å². The summed E-state index contributed by atoms with van der Waals surface area (Å²) in [5.74, 6) is 3.14. The maximum atomic E-state index is 6.13. The van der Waals surface area contributed by atoms with Crippen LogP contribution >= 0.6 is 0 Å². The van der Waals surface area contributed by atoms with Gasteiger partial charge in [0.25, 0.3) is 0 Å². The number of benzene rings is 3. The first kappa shape index (κ1) is 22.7. The van der Waals surface area contributed by atoms with E-state index in [1.807, 2.05) is 81.4 Å². The lowest BCUT2D eigenvalue weighted by atomic mass is 10.1. The molecule has 0 saturated carbocycles. The third-order valence-corrected chi connectivity index (χ3v) is 5.23. The molecule has 0 bridgehead atoms. The van der Waals surface area contributed by atoms with Gasteiger partial charge in [0.15, 0.2) is 11.5 Å². The predicted octanol–water partition coefficient (Wildman–Crippen LogP) is 7.00. The van der Waals surface area contributed by atoms with Gasteiger partial charge in [0, 0.05) is 14.2 Å². The Labute approximate surface area is 184 Å². The summed E-state index contributed by atoms with van der Waals surface area (Å²) in [6.07, 6.45) is 0.0571. The zero-order chi connectivity index (χ0) is 22.4. The molecule has 0 aliphatic carbocycles. The van der Waals surface area contributed by atoms with Crippen LogP contribution in [0.25, 0.3) is 0 Å². The zero-order valence-electron chi connectivity index (χ0n) is 19.0. The molecule has 0 aliphatic rings. The van der Waals surface area contributed by atoms with Crippen molar-refractivity contribution in [1.82, 2.24) is 0 Å². The fraction of sp³-hybridized carbons (Fsp3) is 0.308. The molecule has 0 aromatic heterocycles. The summed E-state index contributed by atoms with van der Waals surface area (Å²) < 4.78 is 28.6. The van der Waals surface area contributed by atoms with Crippen molar-refractivity contribution in [1.29, 1.82) is 0 Å². The summed E-state index contributed by atoms with van der Waals surface area (Å²) in [6, 6.07) is 19.5. The summed E-state index contributed by atoms with van der Waals surface area (Å²) >= 11 is 0. The van der Waals surface area contributed by atoms with Gasteiger partial charge < -0.3 is 23.7 Å². The van der Waals surface area contributed by atoms with Crippen molar-refractivity contribution in [3.05, 3.63) is 77.4 Å². The van der Waals surface area contributed by atoms with E-state index in [1.54, 1.807) is 21.3 Å². The quantitative estimate of drug-likeness (QED) is 0.371. The molecule has 5 nitrogen and oxygen atoms in total. The lowest BCUT2D eigenvalue weighted by Gasteiger charge is -2.17. The Kier molecular flexibility index (Phi) is 7.55. The van der Waals surface area contributed by atoms with Gasteiger partial charge in [-0.1, -0.05) is 24.3 Å². The highest BCUT2D eigenvalue weighted by Crippen LogP contribution is 2.42. The van der Waals surface area contributed by atoms with Gasteiger partial charge in [-0.2, -0.15) is 0 Å². The minimum absolute atomic E-state index is 0.0285. The highest BCUT2D eigenvalue weighted by atomic mass is 16.5. The molecular formula is C26H30O5. The molecule has 0 amide bonds. The van der Waals surface area contributed by atoms with Gasteiger partial charge in [0.1, 0.15) is 11.5 Å². The molecule has 0 N–H and O–H groups in total. The monoisotopic (exact) mass is 422 g/mol. The maximum Gasteiger partial charge on any atom is 0.204 e. The van der Waals surface area contributed by atoms with Crippen LogP contribution in [0.4, 0.5) is 0 Å². The highest BCUT2D eigenvalue weighted by molar-refractivity contribution is 5.56. The number of hydrogen-bond acceptors (Lipinski definition) is 5. The van der Waals surface area contributed by atoms with Crippen LogP contribution in [-0.4, -0.2) is 21.3 Å². The van der Waals surface area contributed by atoms with Crippen LogP contribution in [0.5, 0.6) is 28.7 Å². The second-order valence-electron chi connectivity index (χ2n) is 7.39. The van der Waals surface area contributed by atoms with Crippen LogP contribution in [0.2, 0.25) is 0 Å². The number of methoxy groups -OCH3 is 3. The van der Waals surface area contributed by atoms with E-state index < -0.39 is 0 Å². The zero-order valence-corrected chi connectivity index (χ0v) is 19.0. The van der Waals surface area contributed by atoms with Gasteiger partial charge in [-0.25, -0.2) is 0 Å². The normalized spacial score (nSPS) is 12.8. The van der Waals surface area contributed by atoms with Crippen LogP contribution in [-0.2, 0) is 9.47 Å². The van der Waals surface area contributed by atoms with Crippen LogP contribution in [0.1, 0.15) is 42.7 Å². The van der Waals surface area contributed by atoms with Gasteiger partial charge in [-0.3, -0.25) is 0 Å². The Morgan fingerprint density at radius 1 is 0.613 bits per heavy atom. The largest absolute Gasteiger partial charge is 0.490 e. The van der Waals surface area contributed by atoms with Crippen molar-refractivity contribution < 1.29 is 23.7 Å². The van der Waals surface area contributed by atoms with Crippen molar-refractivity contribution >= 4 is 0 Å². The van der Waals surface area contributed by atoms with Crippen molar-refractivity contribution in [2.75, 3.05) is 21.3 Å². The van der Waals surface area contributed by atoms with Crippen molar-refractivity contribution in [3.8, 4) is 28.7 Å². The summed E-state index contributed by atoms with van der Waals surface area (Å²) in [5, 5.41) is 0. The van der Waals surface area contributed by atoms with E-state index in [0.717, 1.165) is 16.7 Å². The molecule has 3 rings (SSSR count). The molecule has 5 heteroatoms. The summed E-state index contributed by atoms with van der Waals surface area (Å²) in [5.41, 5.74) is 3.17. The van der Waals surface area contributed by atoms with Crippen molar-refractivity contribution in [2.45, 2.75) is 33.0 Å². The highest BCUT2D eigenvalue weighted by Gasteiger charge is 2.16. The van der Waals surface area contributed by atoms with E-state index in [9.17, 15) is 0 Å². The smallest absolute Gasteiger partial charge is 0.204 e. The summed E-state index contributed by atoms with van der Waals surface area (Å²) in [7, 11) is 5.00. The van der Waals surface area contributed by atoms with E-state index in [1.165, 1.54) is 0 Å². The Hall–Kier alpha value is -3.02. The topological polar surface area (TPSA) is 46.2 Å². The minimum atomic E-state index is 0.0285. The van der Waals surface area contributed by atoms with Gasteiger partial charge in [0.2, 0.25) is 5.75 Å². The SMILES string of the molecule is COc1c(Oc2ccc(C(C)OC)cc2)cc(C)cc1Oc1ccc(C(C)OC)cc1. The third kappa shape index (κ3) is 5.57. The molecule has 0 aliphatic heterocycles.